The molecule has 2 nitrogen and oxygen atoms in total. The average molecular weight is 355 g/mol. The molecular formula is C25H25NO. The van der Waals surface area contributed by atoms with E-state index >= 15 is 0 Å². The average Bonchev–Trinajstić information content (AvgIpc) is 3.07. The lowest BCUT2D eigenvalue weighted by molar-refractivity contribution is 0.137. The van der Waals surface area contributed by atoms with Crippen molar-refractivity contribution >= 4 is 0 Å². The molecule has 0 amide bonds. The molecule has 2 bridgehead atoms. The van der Waals surface area contributed by atoms with Crippen LogP contribution in [0.4, 0.5) is 0 Å². The van der Waals surface area contributed by atoms with Crippen molar-refractivity contribution in [2.45, 2.75) is 43.9 Å². The standard InChI is InChI=1S/C25H25NO/c1-3-7-18(8-4-1)20-13-21(19-9-5-2-6-10-19)15-24(14-20)27-25-16-22-11-12-23(17-25)26-22/h1-10,13-15,22-23,25-26H,11-12,16-17H2/t22-,23+,25-. The highest BCUT2D eigenvalue weighted by Gasteiger charge is 2.34. The van der Waals surface area contributed by atoms with E-state index in [9.17, 15) is 0 Å². The van der Waals surface area contributed by atoms with Crippen molar-refractivity contribution in [2.75, 3.05) is 0 Å². The fourth-order valence-electron chi connectivity index (χ4n) is 4.56. The van der Waals surface area contributed by atoms with Crippen molar-refractivity contribution in [1.29, 1.82) is 0 Å². The molecule has 27 heavy (non-hydrogen) atoms. The summed E-state index contributed by atoms with van der Waals surface area (Å²) in [5.41, 5.74) is 4.88. The Morgan fingerprint density at radius 2 is 1.15 bits per heavy atom. The highest BCUT2D eigenvalue weighted by Crippen LogP contribution is 2.34. The van der Waals surface area contributed by atoms with Gasteiger partial charge >= 0.3 is 0 Å². The summed E-state index contributed by atoms with van der Waals surface area (Å²) in [6.07, 6.45) is 5.14. The molecule has 2 saturated heterocycles. The molecule has 0 saturated carbocycles. The van der Waals surface area contributed by atoms with Crippen LogP contribution in [0.2, 0.25) is 0 Å². The monoisotopic (exact) mass is 355 g/mol. The second-order valence-electron chi connectivity index (χ2n) is 7.83. The van der Waals surface area contributed by atoms with Crippen LogP contribution >= 0.6 is 0 Å². The third-order valence-electron chi connectivity index (χ3n) is 5.85. The van der Waals surface area contributed by atoms with Gasteiger partial charge in [0.1, 0.15) is 11.9 Å². The summed E-state index contributed by atoms with van der Waals surface area (Å²) in [4.78, 5) is 0. The molecule has 0 unspecified atom stereocenters. The van der Waals surface area contributed by atoms with E-state index in [2.05, 4.69) is 84.2 Å². The van der Waals surface area contributed by atoms with Crippen LogP contribution in [0.25, 0.3) is 22.3 Å². The van der Waals surface area contributed by atoms with Gasteiger partial charge in [-0.1, -0.05) is 60.7 Å². The molecule has 2 aliphatic heterocycles. The van der Waals surface area contributed by atoms with Crippen molar-refractivity contribution in [2.24, 2.45) is 0 Å². The first-order chi connectivity index (χ1) is 13.3. The fourth-order valence-corrected chi connectivity index (χ4v) is 4.56. The lowest BCUT2D eigenvalue weighted by Gasteiger charge is -2.29. The van der Waals surface area contributed by atoms with Gasteiger partial charge in [-0.15, -0.1) is 0 Å². The molecular weight excluding hydrogens is 330 g/mol. The summed E-state index contributed by atoms with van der Waals surface area (Å²) in [6, 6.07) is 29.1. The zero-order valence-electron chi connectivity index (χ0n) is 15.5. The minimum Gasteiger partial charge on any atom is -0.490 e. The summed E-state index contributed by atoms with van der Waals surface area (Å²) < 4.78 is 6.52. The molecule has 2 heterocycles. The van der Waals surface area contributed by atoms with Gasteiger partial charge in [0.15, 0.2) is 0 Å². The molecule has 0 aliphatic carbocycles. The van der Waals surface area contributed by atoms with E-state index in [-0.39, 0.29) is 0 Å². The number of piperidine rings is 1. The fraction of sp³-hybridized carbons (Fsp3) is 0.280. The summed E-state index contributed by atoms with van der Waals surface area (Å²) in [6.45, 7) is 0. The maximum absolute atomic E-state index is 6.52. The number of fused-ring (bicyclic) bond motifs is 2. The van der Waals surface area contributed by atoms with Crippen LogP contribution in [0.5, 0.6) is 5.75 Å². The third-order valence-corrected chi connectivity index (χ3v) is 5.85. The molecule has 3 aromatic carbocycles. The predicted molar refractivity (Wildman–Crippen MR) is 111 cm³/mol. The Labute approximate surface area is 161 Å². The quantitative estimate of drug-likeness (QED) is 0.650. The first kappa shape index (κ1) is 16.6. The van der Waals surface area contributed by atoms with Crippen molar-refractivity contribution in [1.82, 2.24) is 5.32 Å². The van der Waals surface area contributed by atoms with Gasteiger partial charge in [-0.3, -0.25) is 0 Å². The van der Waals surface area contributed by atoms with E-state index in [1.54, 1.807) is 0 Å². The Hall–Kier alpha value is -2.58. The van der Waals surface area contributed by atoms with Crippen LogP contribution in [0.1, 0.15) is 25.7 Å². The number of rotatable bonds is 4. The van der Waals surface area contributed by atoms with Gasteiger partial charge in [0, 0.05) is 12.1 Å². The maximum atomic E-state index is 6.52. The van der Waals surface area contributed by atoms with Crippen LogP contribution in [-0.2, 0) is 0 Å². The van der Waals surface area contributed by atoms with Gasteiger partial charge in [0.05, 0.1) is 0 Å². The lowest BCUT2D eigenvalue weighted by Crippen LogP contribution is -2.42. The smallest absolute Gasteiger partial charge is 0.120 e. The van der Waals surface area contributed by atoms with Crippen LogP contribution in [0.15, 0.2) is 78.9 Å². The largest absolute Gasteiger partial charge is 0.490 e. The molecule has 2 fully saturated rings. The normalized spacial score (nSPS) is 23.9. The summed E-state index contributed by atoms with van der Waals surface area (Å²) in [5, 5.41) is 3.70. The van der Waals surface area contributed by atoms with E-state index in [0.29, 0.717) is 18.2 Å². The molecule has 0 radical (unpaired) electrons. The number of ether oxygens (including phenoxy) is 1. The molecule has 0 spiro atoms. The zero-order valence-corrected chi connectivity index (χ0v) is 15.5. The molecule has 0 aromatic heterocycles. The van der Waals surface area contributed by atoms with E-state index in [0.717, 1.165) is 18.6 Å². The summed E-state index contributed by atoms with van der Waals surface area (Å²) in [5.74, 6) is 0.988. The van der Waals surface area contributed by atoms with E-state index < -0.39 is 0 Å². The Bertz CT molecular complexity index is 836. The number of benzene rings is 3. The summed E-state index contributed by atoms with van der Waals surface area (Å²) in [7, 11) is 0. The third kappa shape index (κ3) is 3.63. The van der Waals surface area contributed by atoms with Crippen LogP contribution in [0, 0.1) is 0 Å². The van der Waals surface area contributed by atoms with E-state index in [4.69, 9.17) is 4.74 Å². The van der Waals surface area contributed by atoms with Crippen molar-refractivity contribution in [3.05, 3.63) is 78.9 Å². The number of hydrogen-bond acceptors (Lipinski definition) is 2. The first-order valence-corrected chi connectivity index (χ1v) is 10.0. The van der Waals surface area contributed by atoms with Crippen molar-refractivity contribution in [3.8, 4) is 28.0 Å². The van der Waals surface area contributed by atoms with Gasteiger partial charge in [0.25, 0.3) is 0 Å². The van der Waals surface area contributed by atoms with Gasteiger partial charge in [-0.25, -0.2) is 0 Å². The highest BCUT2D eigenvalue weighted by molar-refractivity contribution is 5.75. The van der Waals surface area contributed by atoms with Crippen LogP contribution in [0.3, 0.4) is 0 Å². The highest BCUT2D eigenvalue weighted by atomic mass is 16.5. The second kappa shape index (κ2) is 7.21. The number of nitrogens with one attached hydrogen (secondary N) is 1. The van der Waals surface area contributed by atoms with Gasteiger partial charge in [0.2, 0.25) is 0 Å². The molecule has 1 N–H and O–H groups in total. The molecule has 2 heteroatoms. The Morgan fingerprint density at radius 1 is 0.630 bits per heavy atom. The Morgan fingerprint density at radius 3 is 1.67 bits per heavy atom. The SMILES string of the molecule is c1ccc(-c2cc(O[C@@H]3C[C@H]4CC[C@@H](C3)N4)cc(-c3ccccc3)c2)cc1. The van der Waals surface area contributed by atoms with E-state index in [1.165, 1.54) is 35.1 Å². The summed E-state index contributed by atoms with van der Waals surface area (Å²) >= 11 is 0. The lowest BCUT2D eigenvalue weighted by atomic mass is 9.98. The maximum Gasteiger partial charge on any atom is 0.120 e. The zero-order chi connectivity index (χ0) is 18.1. The predicted octanol–water partition coefficient (Wildman–Crippen LogP) is 5.68. The van der Waals surface area contributed by atoms with Crippen LogP contribution < -0.4 is 10.1 Å². The first-order valence-electron chi connectivity index (χ1n) is 10.0. The Balaban J connectivity index is 1.50. The second-order valence-corrected chi connectivity index (χ2v) is 7.83. The number of hydrogen-bond donors (Lipinski definition) is 1. The molecule has 3 atom stereocenters. The molecule has 5 rings (SSSR count). The minimum absolute atomic E-state index is 0.318. The molecule has 2 aliphatic rings. The van der Waals surface area contributed by atoms with Gasteiger partial charge < -0.3 is 10.1 Å². The molecule has 136 valence electrons. The minimum atomic E-state index is 0.318. The van der Waals surface area contributed by atoms with Gasteiger partial charge in [-0.05, 0) is 66.1 Å². The van der Waals surface area contributed by atoms with Crippen LogP contribution in [-0.4, -0.2) is 18.2 Å². The molecule has 3 aromatic rings. The van der Waals surface area contributed by atoms with Crippen molar-refractivity contribution < 1.29 is 4.74 Å². The van der Waals surface area contributed by atoms with Gasteiger partial charge in [-0.2, -0.15) is 0 Å². The van der Waals surface area contributed by atoms with E-state index in [1.807, 2.05) is 0 Å². The Kier molecular flexibility index (Phi) is 4.43. The van der Waals surface area contributed by atoms with Crippen molar-refractivity contribution in [3.63, 3.8) is 0 Å². The topological polar surface area (TPSA) is 21.3 Å².